The summed E-state index contributed by atoms with van der Waals surface area (Å²) in [6, 6.07) is 11.6. The van der Waals surface area contributed by atoms with Crippen molar-refractivity contribution in [2.24, 2.45) is 0 Å². The lowest BCUT2D eigenvalue weighted by Crippen LogP contribution is -1.96. The predicted molar refractivity (Wildman–Crippen MR) is 106 cm³/mol. The summed E-state index contributed by atoms with van der Waals surface area (Å²) in [4.78, 5) is 5.32. The Balaban J connectivity index is 1.66. The van der Waals surface area contributed by atoms with Gasteiger partial charge in [0.05, 0.1) is 19.9 Å². The molecule has 0 saturated heterocycles. The molecule has 0 atom stereocenters. The average molecular weight is 392 g/mol. The highest BCUT2D eigenvalue weighted by molar-refractivity contribution is 7.19. The van der Waals surface area contributed by atoms with Crippen LogP contribution in [-0.4, -0.2) is 43.4 Å². The van der Waals surface area contributed by atoms with Gasteiger partial charge in [-0.1, -0.05) is 17.4 Å². The van der Waals surface area contributed by atoms with Gasteiger partial charge in [-0.15, -0.1) is 10.2 Å². The third kappa shape index (κ3) is 2.43. The first-order valence-electron chi connectivity index (χ1n) is 8.58. The average Bonchev–Trinajstić information content (AvgIpc) is 3.39. The molecular formula is C19H16N6O2S. The molecule has 8 nitrogen and oxygen atoms in total. The van der Waals surface area contributed by atoms with E-state index in [1.165, 1.54) is 11.3 Å². The number of aryl methyl sites for hydroxylation is 1. The second-order valence-electron chi connectivity index (χ2n) is 6.17. The first kappa shape index (κ1) is 16.7. The number of ether oxygens (including phenoxy) is 2. The van der Waals surface area contributed by atoms with Gasteiger partial charge in [0, 0.05) is 11.8 Å². The van der Waals surface area contributed by atoms with Crippen molar-refractivity contribution in [2.45, 2.75) is 6.92 Å². The molecule has 0 aliphatic rings. The van der Waals surface area contributed by atoms with Crippen LogP contribution in [0.3, 0.4) is 0 Å². The Kier molecular flexibility index (Phi) is 3.76. The summed E-state index contributed by atoms with van der Waals surface area (Å²) in [6.45, 7) is 1.96. The van der Waals surface area contributed by atoms with Crippen LogP contribution in [0, 0.1) is 6.92 Å². The maximum absolute atomic E-state index is 5.41. The van der Waals surface area contributed by atoms with Crippen molar-refractivity contribution in [1.29, 1.82) is 0 Å². The molecule has 4 aromatic heterocycles. The molecular weight excluding hydrogens is 376 g/mol. The van der Waals surface area contributed by atoms with E-state index < -0.39 is 0 Å². The van der Waals surface area contributed by atoms with E-state index >= 15 is 0 Å². The Bertz CT molecular complexity index is 1320. The summed E-state index contributed by atoms with van der Waals surface area (Å²) >= 11 is 1.46. The molecule has 1 aromatic carbocycles. The highest BCUT2D eigenvalue weighted by atomic mass is 32.1. The minimum absolute atomic E-state index is 0.656. The lowest BCUT2D eigenvalue weighted by molar-refractivity contribution is 0.355. The molecule has 5 aromatic rings. The Morgan fingerprint density at radius 3 is 2.68 bits per heavy atom. The lowest BCUT2D eigenvalue weighted by atomic mass is 10.2. The van der Waals surface area contributed by atoms with Crippen LogP contribution >= 0.6 is 11.3 Å². The molecule has 0 spiro atoms. The van der Waals surface area contributed by atoms with Gasteiger partial charge in [-0.25, -0.2) is 4.98 Å². The fraction of sp³-hybridized carbons (Fsp3) is 0.158. The Labute approximate surface area is 164 Å². The van der Waals surface area contributed by atoms with E-state index in [4.69, 9.17) is 14.6 Å². The third-order valence-corrected chi connectivity index (χ3v) is 5.49. The van der Waals surface area contributed by atoms with Crippen LogP contribution in [0.4, 0.5) is 0 Å². The van der Waals surface area contributed by atoms with Crippen molar-refractivity contribution in [3.63, 3.8) is 0 Å². The lowest BCUT2D eigenvalue weighted by Gasteiger charge is -2.07. The van der Waals surface area contributed by atoms with E-state index in [2.05, 4.69) is 15.2 Å². The topological polar surface area (TPSA) is 78.8 Å². The molecule has 0 aliphatic heterocycles. The molecule has 140 valence electrons. The number of rotatable bonds is 4. The number of fused-ring (bicyclic) bond motifs is 2. The summed E-state index contributed by atoms with van der Waals surface area (Å²) in [6.07, 6.45) is 1.97. The Morgan fingerprint density at radius 2 is 1.86 bits per heavy atom. The van der Waals surface area contributed by atoms with Crippen molar-refractivity contribution >= 4 is 21.9 Å². The van der Waals surface area contributed by atoms with E-state index in [0.717, 1.165) is 27.6 Å². The van der Waals surface area contributed by atoms with Gasteiger partial charge in [-0.2, -0.15) is 9.61 Å². The van der Waals surface area contributed by atoms with Gasteiger partial charge in [0.15, 0.2) is 11.5 Å². The summed E-state index contributed by atoms with van der Waals surface area (Å²) in [5.41, 5.74) is 3.55. The Hall–Kier alpha value is -3.46. The second-order valence-corrected chi connectivity index (χ2v) is 7.13. The molecule has 5 rings (SSSR count). The van der Waals surface area contributed by atoms with Crippen molar-refractivity contribution in [3.8, 4) is 33.6 Å². The fourth-order valence-corrected chi connectivity index (χ4v) is 4.07. The molecule has 0 fully saturated rings. The van der Waals surface area contributed by atoms with Crippen molar-refractivity contribution in [2.75, 3.05) is 14.2 Å². The highest BCUT2D eigenvalue weighted by Gasteiger charge is 2.20. The van der Waals surface area contributed by atoms with Gasteiger partial charge in [0.25, 0.3) is 0 Å². The van der Waals surface area contributed by atoms with Gasteiger partial charge in [0.1, 0.15) is 16.3 Å². The molecule has 0 bridgehead atoms. The van der Waals surface area contributed by atoms with Crippen LogP contribution in [0.5, 0.6) is 11.5 Å². The number of methoxy groups -OCH3 is 2. The molecule has 9 heteroatoms. The largest absolute Gasteiger partial charge is 0.493 e. The first-order valence-corrected chi connectivity index (χ1v) is 9.40. The quantitative estimate of drug-likeness (QED) is 0.466. The summed E-state index contributed by atoms with van der Waals surface area (Å²) in [5.74, 6) is 1.99. The van der Waals surface area contributed by atoms with Crippen LogP contribution in [0.1, 0.15) is 5.69 Å². The van der Waals surface area contributed by atoms with Crippen LogP contribution in [0.15, 0.2) is 42.6 Å². The van der Waals surface area contributed by atoms with Crippen molar-refractivity contribution < 1.29 is 9.47 Å². The molecule has 0 radical (unpaired) electrons. The van der Waals surface area contributed by atoms with Crippen LogP contribution in [0.2, 0.25) is 0 Å². The van der Waals surface area contributed by atoms with E-state index in [0.29, 0.717) is 22.3 Å². The maximum atomic E-state index is 5.41. The Morgan fingerprint density at radius 1 is 1.00 bits per heavy atom. The van der Waals surface area contributed by atoms with E-state index in [1.807, 2.05) is 53.9 Å². The number of imidazole rings is 1. The van der Waals surface area contributed by atoms with Crippen LogP contribution in [0.25, 0.3) is 32.7 Å². The SMILES string of the molecule is COc1ccc(-c2nn3c(-c4c(C)nc5ccccn45)nnc3s2)cc1OC. The van der Waals surface area contributed by atoms with E-state index in [9.17, 15) is 0 Å². The zero-order valence-electron chi connectivity index (χ0n) is 15.4. The number of nitrogens with zero attached hydrogens (tertiary/aromatic N) is 6. The number of hydrogen-bond donors (Lipinski definition) is 0. The van der Waals surface area contributed by atoms with Gasteiger partial charge in [-0.05, 0) is 37.3 Å². The highest BCUT2D eigenvalue weighted by Crippen LogP contribution is 2.35. The van der Waals surface area contributed by atoms with E-state index in [1.54, 1.807) is 18.7 Å². The van der Waals surface area contributed by atoms with Gasteiger partial charge in [0.2, 0.25) is 10.8 Å². The summed E-state index contributed by atoms with van der Waals surface area (Å²) in [5, 5.41) is 14.2. The summed E-state index contributed by atoms with van der Waals surface area (Å²) < 4.78 is 14.5. The number of pyridine rings is 1. The monoisotopic (exact) mass is 392 g/mol. The standard InChI is InChI=1S/C19H16N6O2S/c1-11-16(24-9-5-4-6-15(24)20-11)17-21-22-19-25(17)23-18(28-19)12-7-8-13(26-2)14(10-12)27-3/h4-10H,1-3H3. The molecule has 0 amide bonds. The molecule has 0 N–H and O–H groups in total. The molecule has 4 heterocycles. The normalized spacial score (nSPS) is 11.4. The molecule has 0 aliphatic carbocycles. The fourth-order valence-electron chi connectivity index (χ4n) is 3.23. The van der Waals surface area contributed by atoms with Crippen molar-refractivity contribution in [3.05, 3.63) is 48.3 Å². The first-order chi connectivity index (χ1) is 13.7. The van der Waals surface area contributed by atoms with Crippen LogP contribution < -0.4 is 9.47 Å². The second kappa shape index (κ2) is 6.31. The zero-order chi connectivity index (χ0) is 19.3. The third-order valence-electron chi connectivity index (χ3n) is 4.54. The molecule has 0 saturated carbocycles. The molecule has 0 unspecified atom stereocenters. The van der Waals surface area contributed by atoms with Crippen molar-refractivity contribution in [1.82, 2.24) is 29.2 Å². The minimum Gasteiger partial charge on any atom is -0.493 e. The van der Waals surface area contributed by atoms with E-state index in [-0.39, 0.29) is 0 Å². The minimum atomic E-state index is 0.656. The smallest absolute Gasteiger partial charge is 0.235 e. The van der Waals surface area contributed by atoms with Gasteiger partial charge >= 0.3 is 0 Å². The van der Waals surface area contributed by atoms with Gasteiger partial charge < -0.3 is 9.47 Å². The predicted octanol–water partition coefficient (Wildman–Crippen LogP) is 3.49. The number of aromatic nitrogens is 6. The number of benzene rings is 1. The number of hydrogen-bond acceptors (Lipinski definition) is 7. The molecule has 28 heavy (non-hydrogen) atoms. The summed E-state index contributed by atoms with van der Waals surface area (Å²) in [7, 11) is 3.23. The van der Waals surface area contributed by atoms with Gasteiger partial charge in [-0.3, -0.25) is 4.40 Å². The zero-order valence-corrected chi connectivity index (χ0v) is 16.3. The maximum Gasteiger partial charge on any atom is 0.235 e. The van der Waals surface area contributed by atoms with Crippen LogP contribution in [-0.2, 0) is 0 Å².